The SMILES string of the molecule is CC(C)n1c(=O)n(CC2CC2)c(=O)c2cc(NC(=O)[C@@H]3C[C@H](NC(=O)c4ccc(C#N)c(Cl)c4)CN(C(=O)OC(C)(C)C)C3)ccc21. The standard InChI is InChI=1S/C34H39ClN6O6/c1-19(2)41-28-11-10-24(14-26(28)31(44)40(32(41)45)16-20-6-7-20)37-30(43)23-12-25(18-39(17-23)33(46)47-34(3,4)5)38-29(42)21-8-9-22(15-36)27(35)13-21/h8-11,13-14,19-20,23,25H,6-7,12,16-18H2,1-5H3,(H,37,43)(H,38,42)/t23-,25+/m1/s1. The molecule has 0 radical (unpaired) electrons. The van der Waals surface area contributed by atoms with E-state index in [4.69, 9.17) is 21.6 Å². The number of rotatable bonds is 7. The van der Waals surface area contributed by atoms with Gasteiger partial charge in [-0.25, -0.2) is 9.59 Å². The number of hydrogen-bond donors (Lipinski definition) is 2. The minimum Gasteiger partial charge on any atom is -0.444 e. The highest BCUT2D eigenvalue weighted by molar-refractivity contribution is 6.32. The average molecular weight is 663 g/mol. The molecule has 0 spiro atoms. The molecule has 1 aliphatic carbocycles. The maximum atomic E-state index is 13.7. The predicted octanol–water partition coefficient (Wildman–Crippen LogP) is 4.67. The lowest BCUT2D eigenvalue weighted by Crippen LogP contribution is -2.55. The summed E-state index contributed by atoms with van der Waals surface area (Å²) >= 11 is 6.13. The Balaban J connectivity index is 1.40. The summed E-state index contributed by atoms with van der Waals surface area (Å²) in [7, 11) is 0. The molecule has 3 amide bonds. The normalized spacial score (nSPS) is 18.1. The monoisotopic (exact) mass is 662 g/mol. The number of ether oxygens (including phenoxy) is 1. The van der Waals surface area contributed by atoms with Crippen LogP contribution in [0.2, 0.25) is 5.02 Å². The third-order valence-electron chi connectivity index (χ3n) is 8.25. The Kier molecular flexibility index (Phi) is 9.50. The summed E-state index contributed by atoms with van der Waals surface area (Å²) in [5.41, 5.74) is -0.206. The first-order chi connectivity index (χ1) is 22.1. The summed E-state index contributed by atoms with van der Waals surface area (Å²) in [6.45, 7) is 9.50. The van der Waals surface area contributed by atoms with E-state index >= 15 is 0 Å². The first-order valence-electron chi connectivity index (χ1n) is 15.7. The Morgan fingerprint density at radius 1 is 1.09 bits per heavy atom. The highest BCUT2D eigenvalue weighted by atomic mass is 35.5. The molecular weight excluding hydrogens is 624 g/mol. The number of carbonyl (C=O) groups excluding carboxylic acids is 3. The largest absolute Gasteiger partial charge is 0.444 e. The highest BCUT2D eigenvalue weighted by Crippen LogP contribution is 2.30. The molecule has 1 saturated carbocycles. The molecule has 12 nitrogen and oxygen atoms in total. The molecule has 2 heterocycles. The van der Waals surface area contributed by atoms with E-state index in [1.165, 1.54) is 27.7 Å². The molecule has 248 valence electrons. The number of nitriles is 1. The second kappa shape index (κ2) is 13.2. The summed E-state index contributed by atoms with van der Waals surface area (Å²) < 4.78 is 8.46. The van der Waals surface area contributed by atoms with Gasteiger partial charge < -0.3 is 20.3 Å². The number of nitrogens with one attached hydrogen (secondary N) is 2. The fourth-order valence-electron chi connectivity index (χ4n) is 5.81. The number of hydrogen-bond acceptors (Lipinski definition) is 7. The van der Waals surface area contributed by atoms with Crippen LogP contribution in [0, 0.1) is 23.2 Å². The van der Waals surface area contributed by atoms with Gasteiger partial charge in [0, 0.05) is 43.0 Å². The number of nitrogens with zero attached hydrogens (tertiary/aromatic N) is 4. The Hall–Kier alpha value is -4.63. The van der Waals surface area contributed by atoms with Gasteiger partial charge in [0.05, 0.1) is 27.4 Å². The quantitative estimate of drug-likeness (QED) is 0.372. The number of benzene rings is 2. The van der Waals surface area contributed by atoms with Crippen LogP contribution >= 0.6 is 11.6 Å². The topological polar surface area (TPSA) is 156 Å². The summed E-state index contributed by atoms with van der Waals surface area (Å²) in [5.74, 6) is -1.31. The molecule has 1 aromatic heterocycles. The van der Waals surface area contributed by atoms with E-state index in [0.717, 1.165) is 12.8 Å². The highest BCUT2D eigenvalue weighted by Gasteiger charge is 2.37. The minimum atomic E-state index is -0.779. The first-order valence-corrected chi connectivity index (χ1v) is 16.1. The van der Waals surface area contributed by atoms with Crippen LogP contribution in [0.25, 0.3) is 10.9 Å². The smallest absolute Gasteiger partial charge is 0.410 e. The molecule has 2 N–H and O–H groups in total. The molecule has 2 atom stereocenters. The van der Waals surface area contributed by atoms with Gasteiger partial charge in [0.25, 0.3) is 11.5 Å². The van der Waals surface area contributed by atoms with Gasteiger partial charge in [-0.1, -0.05) is 11.6 Å². The maximum absolute atomic E-state index is 13.7. The van der Waals surface area contributed by atoms with Crippen LogP contribution in [0.15, 0.2) is 46.0 Å². The third-order valence-corrected chi connectivity index (χ3v) is 8.56. The van der Waals surface area contributed by atoms with Gasteiger partial charge in [-0.05, 0) is 96.2 Å². The van der Waals surface area contributed by atoms with Crippen LogP contribution < -0.4 is 21.9 Å². The molecule has 2 aliphatic rings. The summed E-state index contributed by atoms with van der Waals surface area (Å²) in [6, 6.07) is 10.4. The van der Waals surface area contributed by atoms with Crippen LogP contribution in [-0.2, 0) is 16.1 Å². The van der Waals surface area contributed by atoms with Crippen molar-refractivity contribution in [2.45, 2.75) is 78.1 Å². The van der Waals surface area contributed by atoms with E-state index in [-0.39, 0.29) is 47.4 Å². The van der Waals surface area contributed by atoms with Crippen molar-refractivity contribution in [3.05, 3.63) is 73.4 Å². The van der Waals surface area contributed by atoms with Gasteiger partial charge in [-0.2, -0.15) is 5.26 Å². The fourth-order valence-corrected chi connectivity index (χ4v) is 6.03. The first kappa shape index (κ1) is 33.7. The molecule has 1 saturated heterocycles. The Morgan fingerprint density at radius 3 is 2.43 bits per heavy atom. The van der Waals surface area contributed by atoms with E-state index in [2.05, 4.69) is 10.6 Å². The zero-order valence-electron chi connectivity index (χ0n) is 27.1. The van der Waals surface area contributed by atoms with E-state index in [9.17, 15) is 24.0 Å². The lowest BCUT2D eigenvalue weighted by Gasteiger charge is -2.38. The molecule has 1 aliphatic heterocycles. The molecule has 2 fully saturated rings. The summed E-state index contributed by atoms with van der Waals surface area (Å²) in [5, 5.41) is 15.4. The zero-order chi connectivity index (χ0) is 34.2. The number of carbonyl (C=O) groups is 3. The number of piperidine rings is 1. The second-order valence-corrected chi connectivity index (χ2v) is 14.0. The van der Waals surface area contributed by atoms with Crippen molar-refractivity contribution in [2.24, 2.45) is 11.8 Å². The predicted molar refractivity (Wildman–Crippen MR) is 178 cm³/mol. The van der Waals surface area contributed by atoms with Crippen molar-refractivity contribution in [3.63, 3.8) is 0 Å². The van der Waals surface area contributed by atoms with Crippen molar-refractivity contribution in [3.8, 4) is 6.07 Å². The number of likely N-dealkylation sites (tertiary alicyclic amines) is 1. The summed E-state index contributed by atoms with van der Waals surface area (Å²) in [4.78, 5) is 68.1. The zero-order valence-corrected chi connectivity index (χ0v) is 27.9. The fraction of sp³-hybridized carbons (Fsp3) is 0.471. The van der Waals surface area contributed by atoms with Gasteiger partial charge in [0.15, 0.2) is 0 Å². The van der Waals surface area contributed by atoms with E-state index < -0.39 is 41.0 Å². The molecule has 0 bridgehead atoms. The maximum Gasteiger partial charge on any atom is 0.410 e. The van der Waals surface area contributed by atoms with Crippen molar-refractivity contribution >= 4 is 46.1 Å². The van der Waals surface area contributed by atoms with Gasteiger partial charge in [-0.15, -0.1) is 0 Å². The lowest BCUT2D eigenvalue weighted by molar-refractivity contribution is -0.121. The van der Waals surface area contributed by atoms with E-state index in [0.29, 0.717) is 29.1 Å². The van der Waals surface area contributed by atoms with Crippen molar-refractivity contribution in [1.82, 2.24) is 19.4 Å². The number of fused-ring (bicyclic) bond motifs is 1. The van der Waals surface area contributed by atoms with Crippen LogP contribution in [0.3, 0.4) is 0 Å². The Morgan fingerprint density at radius 2 is 1.81 bits per heavy atom. The molecule has 5 rings (SSSR count). The van der Waals surface area contributed by atoms with E-state index in [1.807, 2.05) is 19.9 Å². The summed E-state index contributed by atoms with van der Waals surface area (Å²) in [6.07, 6.45) is 1.55. The number of halogens is 1. The van der Waals surface area contributed by atoms with Crippen molar-refractivity contribution < 1.29 is 19.1 Å². The molecule has 0 unspecified atom stereocenters. The molecule has 47 heavy (non-hydrogen) atoms. The van der Waals surface area contributed by atoms with Crippen LogP contribution in [0.5, 0.6) is 0 Å². The lowest BCUT2D eigenvalue weighted by atomic mass is 9.93. The van der Waals surface area contributed by atoms with E-state index in [1.54, 1.807) is 43.5 Å². The molecule has 2 aromatic carbocycles. The molecular formula is C34H39ClN6O6. The van der Waals surface area contributed by atoms with Gasteiger partial charge in [-0.3, -0.25) is 23.5 Å². The Labute approximate surface area is 277 Å². The Bertz CT molecular complexity index is 1900. The van der Waals surface area contributed by atoms with Crippen LogP contribution in [-0.4, -0.2) is 56.7 Å². The molecule has 13 heteroatoms. The molecule has 3 aromatic rings. The van der Waals surface area contributed by atoms with Crippen LogP contribution in [0.1, 0.15) is 75.8 Å². The number of aromatic nitrogens is 2. The average Bonchev–Trinajstić information content (AvgIpc) is 3.82. The minimum absolute atomic E-state index is 0.0461. The second-order valence-electron chi connectivity index (χ2n) is 13.6. The number of amides is 3. The number of anilines is 1. The van der Waals surface area contributed by atoms with Gasteiger partial charge in [0.1, 0.15) is 11.7 Å². The van der Waals surface area contributed by atoms with Crippen molar-refractivity contribution in [2.75, 3.05) is 18.4 Å². The van der Waals surface area contributed by atoms with Gasteiger partial charge >= 0.3 is 11.8 Å². The van der Waals surface area contributed by atoms with Crippen LogP contribution in [0.4, 0.5) is 10.5 Å². The van der Waals surface area contributed by atoms with Crippen molar-refractivity contribution in [1.29, 1.82) is 5.26 Å². The van der Waals surface area contributed by atoms with Gasteiger partial charge in [0.2, 0.25) is 5.91 Å². The third kappa shape index (κ3) is 7.68.